The molecule has 0 atom stereocenters. The van der Waals surface area contributed by atoms with Crippen molar-refractivity contribution in [2.45, 2.75) is 20.0 Å². The van der Waals surface area contributed by atoms with Gasteiger partial charge in [-0.15, -0.1) is 0 Å². The molecule has 1 aliphatic rings. The van der Waals surface area contributed by atoms with Gasteiger partial charge in [-0.3, -0.25) is 9.69 Å². The summed E-state index contributed by atoms with van der Waals surface area (Å²) in [4.78, 5) is 15.3. The van der Waals surface area contributed by atoms with Gasteiger partial charge < -0.3 is 9.30 Å². The molecule has 1 saturated heterocycles. The molecule has 2 heterocycles. The van der Waals surface area contributed by atoms with E-state index in [2.05, 4.69) is 29.8 Å². The first kappa shape index (κ1) is 18.8. The molecule has 2 aromatic carbocycles. The molecule has 1 amide bonds. The fourth-order valence-corrected chi connectivity index (χ4v) is 4.59. The van der Waals surface area contributed by atoms with E-state index < -0.39 is 0 Å². The van der Waals surface area contributed by atoms with Crippen LogP contribution in [0, 0.1) is 0 Å². The zero-order valence-electron chi connectivity index (χ0n) is 15.7. The van der Waals surface area contributed by atoms with E-state index in [9.17, 15) is 4.79 Å². The molecule has 1 fully saturated rings. The minimum Gasteiger partial charge on any atom is -0.497 e. The van der Waals surface area contributed by atoms with Gasteiger partial charge in [0.15, 0.2) is 0 Å². The second kappa shape index (κ2) is 7.81. The second-order valence-electron chi connectivity index (χ2n) is 6.50. The molecule has 0 bridgehead atoms. The Morgan fingerprint density at radius 2 is 1.89 bits per heavy atom. The van der Waals surface area contributed by atoms with Gasteiger partial charge in [-0.1, -0.05) is 54.3 Å². The number of para-hydroxylation sites is 1. The average molecular weight is 409 g/mol. The highest BCUT2D eigenvalue weighted by atomic mass is 32.2. The molecule has 3 aromatic rings. The van der Waals surface area contributed by atoms with E-state index in [-0.39, 0.29) is 5.91 Å². The highest BCUT2D eigenvalue weighted by Gasteiger charge is 2.32. The zero-order chi connectivity index (χ0) is 19.7. The predicted molar refractivity (Wildman–Crippen MR) is 119 cm³/mol. The highest BCUT2D eigenvalue weighted by molar-refractivity contribution is 8.26. The monoisotopic (exact) mass is 408 g/mol. The van der Waals surface area contributed by atoms with Crippen LogP contribution in [0.15, 0.2) is 59.6 Å². The molecular weight excluding hydrogens is 388 g/mol. The average Bonchev–Trinajstić information content (AvgIpc) is 3.21. The molecule has 0 radical (unpaired) electrons. The molecule has 0 N–H and O–H groups in total. The van der Waals surface area contributed by atoms with Crippen LogP contribution in [-0.2, 0) is 17.9 Å². The van der Waals surface area contributed by atoms with E-state index in [0.717, 1.165) is 28.8 Å². The number of fused-ring (bicyclic) bond motifs is 1. The standard InChI is InChI=1S/C22H20N2O2S2/c1-3-23-14-16(18-6-4-5-7-19(18)23)12-20-21(25)24(22(27)28-20)13-15-8-10-17(26-2)11-9-15/h4-12,14H,3,13H2,1-2H3/b20-12-. The summed E-state index contributed by atoms with van der Waals surface area (Å²) in [6, 6.07) is 15.9. The maximum atomic E-state index is 13.0. The molecule has 0 unspecified atom stereocenters. The van der Waals surface area contributed by atoms with Crippen molar-refractivity contribution in [3.8, 4) is 5.75 Å². The number of carbonyl (C=O) groups is 1. The quantitative estimate of drug-likeness (QED) is 0.436. The van der Waals surface area contributed by atoms with Crippen molar-refractivity contribution in [3.05, 3.63) is 70.8 Å². The van der Waals surface area contributed by atoms with Gasteiger partial charge in [-0.25, -0.2) is 0 Å². The number of thiocarbonyl (C=S) groups is 1. The summed E-state index contributed by atoms with van der Waals surface area (Å²) >= 11 is 6.84. The number of methoxy groups -OCH3 is 1. The third-order valence-electron chi connectivity index (χ3n) is 4.82. The number of amides is 1. The van der Waals surface area contributed by atoms with Gasteiger partial charge >= 0.3 is 0 Å². The van der Waals surface area contributed by atoms with Gasteiger partial charge in [0.1, 0.15) is 10.1 Å². The minimum atomic E-state index is -0.0425. The lowest BCUT2D eigenvalue weighted by Crippen LogP contribution is -2.27. The second-order valence-corrected chi connectivity index (χ2v) is 8.18. The number of aryl methyl sites for hydroxylation is 1. The normalized spacial score (nSPS) is 15.8. The molecule has 142 valence electrons. The molecule has 0 spiro atoms. The number of rotatable bonds is 5. The lowest BCUT2D eigenvalue weighted by molar-refractivity contribution is -0.122. The molecule has 28 heavy (non-hydrogen) atoms. The number of hydrogen-bond donors (Lipinski definition) is 0. The van der Waals surface area contributed by atoms with Crippen LogP contribution in [0.25, 0.3) is 17.0 Å². The van der Waals surface area contributed by atoms with Crippen LogP contribution < -0.4 is 4.74 Å². The summed E-state index contributed by atoms with van der Waals surface area (Å²) in [6.45, 7) is 3.46. The summed E-state index contributed by atoms with van der Waals surface area (Å²) in [5, 5.41) is 1.14. The summed E-state index contributed by atoms with van der Waals surface area (Å²) in [5.41, 5.74) is 3.23. The molecule has 6 heteroatoms. The number of ether oxygens (including phenoxy) is 1. The fourth-order valence-electron chi connectivity index (χ4n) is 3.34. The number of hydrogen-bond acceptors (Lipinski definition) is 4. The maximum Gasteiger partial charge on any atom is 0.266 e. The number of thioether (sulfide) groups is 1. The summed E-state index contributed by atoms with van der Waals surface area (Å²) in [6.07, 6.45) is 4.06. The largest absolute Gasteiger partial charge is 0.497 e. The van der Waals surface area contributed by atoms with E-state index in [0.29, 0.717) is 15.8 Å². The Kier molecular flexibility index (Phi) is 5.24. The molecule has 0 saturated carbocycles. The molecule has 4 nitrogen and oxygen atoms in total. The lowest BCUT2D eigenvalue weighted by atomic mass is 10.1. The van der Waals surface area contributed by atoms with Crippen molar-refractivity contribution in [1.29, 1.82) is 0 Å². The number of nitrogens with zero attached hydrogens (tertiary/aromatic N) is 2. The van der Waals surface area contributed by atoms with Gasteiger partial charge in [0.05, 0.1) is 18.6 Å². The van der Waals surface area contributed by atoms with E-state index in [1.807, 2.05) is 42.5 Å². The molecule has 0 aliphatic carbocycles. The van der Waals surface area contributed by atoms with Crippen molar-refractivity contribution in [3.63, 3.8) is 0 Å². The Balaban J connectivity index is 1.62. The Morgan fingerprint density at radius 1 is 1.14 bits per heavy atom. The van der Waals surface area contributed by atoms with Crippen LogP contribution in [-0.4, -0.2) is 26.8 Å². The topological polar surface area (TPSA) is 34.5 Å². The maximum absolute atomic E-state index is 13.0. The third-order valence-corrected chi connectivity index (χ3v) is 6.20. The molecule has 1 aromatic heterocycles. The van der Waals surface area contributed by atoms with Crippen LogP contribution in [0.5, 0.6) is 5.75 Å². The molecule has 1 aliphatic heterocycles. The number of aromatic nitrogens is 1. The summed E-state index contributed by atoms with van der Waals surface area (Å²) < 4.78 is 7.97. The van der Waals surface area contributed by atoms with Crippen molar-refractivity contribution in [1.82, 2.24) is 9.47 Å². The highest BCUT2D eigenvalue weighted by Crippen LogP contribution is 2.35. The first-order valence-electron chi connectivity index (χ1n) is 9.07. The van der Waals surface area contributed by atoms with Crippen molar-refractivity contribution in [2.75, 3.05) is 7.11 Å². The van der Waals surface area contributed by atoms with Crippen molar-refractivity contribution in [2.24, 2.45) is 0 Å². The Morgan fingerprint density at radius 3 is 2.61 bits per heavy atom. The predicted octanol–water partition coefficient (Wildman–Crippen LogP) is 5.07. The Hall–Kier alpha value is -2.57. The van der Waals surface area contributed by atoms with Crippen molar-refractivity contribution < 1.29 is 9.53 Å². The summed E-state index contributed by atoms with van der Waals surface area (Å²) in [7, 11) is 1.64. The van der Waals surface area contributed by atoms with E-state index in [1.54, 1.807) is 12.0 Å². The van der Waals surface area contributed by atoms with E-state index >= 15 is 0 Å². The first-order valence-corrected chi connectivity index (χ1v) is 10.3. The van der Waals surface area contributed by atoms with Crippen LogP contribution in [0.2, 0.25) is 0 Å². The van der Waals surface area contributed by atoms with Crippen LogP contribution in [0.4, 0.5) is 0 Å². The van der Waals surface area contributed by atoms with E-state index in [4.69, 9.17) is 17.0 Å². The zero-order valence-corrected chi connectivity index (χ0v) is 17.3. The lowest BCUT2D eigenvalue weighted by Gasteiger charge is -2.14. The van der Waals surface area contributed by atoms with Gasteiger partial charge in [0.2, 0.25) is 0 Å². The van der Waals surface area contributed by atoms with Crippen molar-refractivity contribution >= 4 is 51.2 Å². The Labute approximate surface area is 173 Å². The molecule has 4 rings (SSSR count). The smallest absolute Gasteiger partial charge is 0.266 e. The van der Waals surface area contributed by atoms with Crippen LogP contribution >= 0.6 is 24.0 Å². The number of benzene rings is 2. The van der Waals surface area contributed by atoms with Crippen LogP contribution in [0.3, 0.4) is 0 Å². The number of carbonyl (C=O) groups excluding carboxylic acids is 1. The summed E-state index contributed by atoms with van der Waals surface area (Å²) in [5.74, 6) is 0.750. The third kappa shape index (κ3) is 3.45. The van der Waals surface area contributed by atoms with Gasteiger partial charge in [0.25, 0.3) is 5.91 Å². The SMILES string of the molecule is CCn1cc(/C=C2\SC(=S)N(Cc3ccc(OC)cc3)C2=O)c2ccccc21. The minimum absolute atomic E-state index is 0.0425. The first-order chi connectivity index (χ1) is 13.6. The van der Waals surface area contributed by atoms with Gasteiger partial charge in [-0.2, -0.15) is 0 Å². The van der Waals surface area contributed by atoms with Gasteiger partial charge in [0, 0.05) is 29.2 Å². The molecular formula is C22H20N2O2S2. The van der Waals surface area contributed by atoms with Crippen LogP contribution in [0.1, 0.15) is 18.1 Å². The Bertz CT molecular complexity index is 1080. The fraction of sp³-hybridized carbons (Fsp3) is 0.182. The van der Waals surface area contributed by atoms with Gasteiger partial charge in [-0.05, 0) is 36.8 Å². The van der Waals surface area contributed by atoms with E-state index in [1.165, 1.54) is 17.3 Å².